The Kier molecular flexibility index (Phi) is 3.35. The lowest BCUT2D eigenvalue weighted by atomic mass is 10.3. The Morgan fingerprint density at radius 3 is 2.83 bits per heavy atom. The van der Waals surface area contributed by atoms with E-state index in [1.54, 1.807) is 12.3 Å². The Labute approximate surface area is 139 Å². The molecule has 0 spiro atoms. The highest BCUT2D eigenvalue weighted by molar-refractivity contribution is 7.12. The number of rotatable bonds is 3. The van der Waals surface area contributed by atoms with Crippen LogP contribution >= 0.6 is 11.3 Å². The van der Waals surface area contributed by atoms with Crippen LogP contribution in [0.15, 0.2) is 51.5 Å². The topological polar surface area (TPSA) is 87.1 Å². The van der Waals surface area contributed by atoms with Crippen LogP contribution in [0, 0.1) is 6.92 Å². The summed E-state index contributed by atoms with van der Waals surface area (Å²) in [6.45, 7) is 2.01. The van der Waals surface area contributed by atoms with Crippen molar-refractivity contribution in [1.82, 2.24) is 29.2 Å². The molecule has 0 N–H and O–H groups in total. The van der Waals surface area contributed by atoms with Gasteiger partial charge in [0.25, 0.3) is 5.56 Å². The fourth-order valence-corrected chi connectivity index (χ4v) is 3.06. The number of pyridine rings is 1. The van der Waals surface area contributed by atoms with Crippen molar-refractivity contribution in [3.05, 3.63) is 74.0 Å². The lowest BCUT2D eigenvalue weighted by Gasteiger charge is -2.04. The van der Waals surface area contributed by atoms with Gasteiger partial charge in [0.15, 0.2) is 0 Å². The molecule has 0 atom stereocenters. The van der Waals surface area contributed by atoms with Gasteiger partial charge in [-0.2, -0.15) is 9.36 Å². The molecular weight excluding hydrogens is 328 g/mol. The number of hydrogen-bond acceptors (Lipinski definition) is 6. The number of fused-ring (bicyclic) bond motifs is 1. The minimum atomic E-state index is -0.372. The van der Waals surface area contributed by atoms with E-state index in [4.69, 9.17) is 0 Å². The molecule has 0 aliphatic rings. The molecular formula is C15H12N6O2S. The molecule has 9 heteroatoms. The maximum Gasteiger partial charge on any atom is 0.369 e. The Morgan fingerprint density at radius 2 is 2.04 bits per heavy atom. The van der Waals surface area contributed by atoms with Gasteiger partial charge in [0, 0.05) is 12.3 Å². The highest BCUT2D eigenvalue weighted by atomic mass is 32.1. The molecule has 0 aliphatic carbocycles. The summed E-state index contributed by atoms with van der Waals surface area (Å²) in [5.74, 6) is 0. The number of aromatic nitrogens is 6. The number of tetrazole rings is 1. The van der Waals surface area contributed by atoms with Crippen LogP contribution in [0.25, 0.3) is 10.6 Å². The summed E-state index contributed by atoms with van der Waals surface area (Å²) < 4.78 is 3.87. The Bertz CT molecular complexity index is 1140. The molecule has 0 unspecified atom stereocenters. The van der Waals surface area contributed by atoms with E-state index < -0.39 is 0 Å². The van der Waals surface area contributed by atoms with Gasteiger partial charge < -0.3 is 0 Å². The van der Waals surface area contributed by atoms with Crippen molar-refractivity contribution in [2.24, 2.45) is 0 Å². The summed E-state index contributed by atoms with van der Waals surface area (Å²) in [6.07, 6.45) is 1.68. The molecule has 4 rings (SSSR count). The van der Waals surface area contributed by atoms with Crippen molar-refractivity contribution in [3.8, 4) is 5.00 Å². The molecule has 0 amide bonds. The second kappa shape index (κ2) is 5.53. The van der Waals surface area contributed by atoms with Gasteiger partial charge in [-0.3, -0.25) is 9.20 Å². The molecule has 0 aliphatic heterocycles. The Morgan fingerprint density at radius 1 is 1.17 bits per heavy atom. The van der Waals surface area contributed by atoms with Gasteiger partial charge in [0.05, 0.1) is 12.2 Å². The van der Waals surface area contributed by atoms with E-state index in [1.807, 2.05) is 30.5 Å². The largest absolute Gasteiger partial charge is 0.369 e. The predicted molar refractivity (Wildman–Crippen MR) is 88.8 cm³/mol. The van der Waals surface area contributed by atoms with Crippen LogP contribution in [0.4, 0.5) is 0 Å². The first-order chi connectivity index (χ1) is 11.6. The van der Waals surface area contributed by atoms with Crippen LogP contribution in [0.1, 0.15) is 11.3 Å². The molecule has 4 aromatic heterocycles. The van der Waals surface area contributed by atoms with E-state index in [0.717, 1.165) is 5.56 Å². The highest BCUT2D eigenvalue weighted by Crippen LogP contribution is 2.10. The molecule has 0 radical (unpaired) electrons. The van der Waals surface area contributed by atoms with Crippen LogP contribution in [0.5, 0.6) is 0 Å². The minimum absolute atomic E-state index is 0.0872. The van der Waals surface area contributed by atoms with Gasteiger partial charge in [0.1, 0.15) is 10.6 Å². The smallest absolute Gasteiger partial charge is 0.269 e. The average Bonchev–Trinajstić information content (AvgIpc) is 3.18. The van der Waals surface area contributed by atoms with E-state index in [2.05, 4.69) is 15.4 Å². The van der Waals surface area contributed by atoms with Crippen molar-refractivity contribution < 1.29 is 0 Å². The molecule has 24 heavy (non-hydrogen) atoms. The third-order valence-corrected chi connectivity index (χ3v) is 4.39. The van der Waals surface area contributed by atoms with E-state index >= 15 is 0 Å². The van der Waals surface area contributed by atoms with Crippen LogP contribution in [0.3, 0.4) is 0 Å². The molecule has 0 aromatic carbocycles. The van der Waals surface area contributed by atoms with Crippen molar-refractivity contribution >= 4 is 17.0 Å². The van der Waals surface area contributed by atoms with Crippen molar-refractivity contribution in [2.45, 2.75) is 13.5 Å². The zero-order chi connectivity index (χ0) is 16.7. The SMILES string of the molecule is Cc1ccn2c(=O)cc(Cn3nnn(-c4cccs4)c3=O)nc2c1. The average molecular weight is 340 g/mol. The zero-order valence-corrected chi connectivity index (χ0v) is 13.5. The summed E-state index contributed by atoms with van der Waals surface area (Å²) >= 11 is 1.39. The Balaban J connectivity index is 1.75. The maximum absolute atomic E-state index is 12.4. The minimum Gasteiger partial charge on any atom is -0.269 e. The number of aryl methyl sites for hydroxylation is 1. The van der Waals surface area contributed by atoms with Gasteiger partial charge in [0.2, 0.25) is 0 Å². The van der Waals surface area contributed by atoms with Gasteiger partial charge in [-0.1, -0.05) is 0 Å². The predicted octanol–water partition coefficient (Wildman–Crippen LogP) is 0.855. The second-order valence-electron chi connectivity index (χ2n) is 5.30. The van der Waals surface area contributed by atoms with Gasteiger partial charge >= 0.3 is 5.69 Å². The van der Waals surface area contributed by atoms with Crippen LogP contribution in [-0.4, -0.2) is 29.2 Å². The van der Waals surface area contributed by atoms with E-state index in [-0.39, 0.29) is 17.8 Å². The monoisotopic (exact) mass is 340 g/mol. The number of hydrogen-bond donors (Lipinski definition) is 0. The summed E-state index contributed by atoms with van der Waals surface area (Å²) in [5.41, 5.74) is 1.43. The fraction of sp³-hybridized carbons (Fsp3) is 0.133. The normalized spacial score (nSPS) is 11.2. The first-order valence-corrected chi connectivity index (χ1v) is 8.05. The molecule has 0 fully saturated rings. The van der Waals surface area contributed by atoms with E-state index in [9.17, 15) is 9.59 Å². The van der Waals surface area contributed by atoms with Crippen LogP contribution in [-0.2, 0) is 6.54 Å². The van der Waals surface area contributed by atoms with Crippen molar-refractivity contribution in [1.29, 1.82) is 0 Å². The van der Waals surface area contributed by atoms with Crippen LogP contribution in [0.2, 0.25) is 0 Å². The summed E-state index contributed by atoms with van der Waals surface area (Å²) in [4.78, 5) is 29.0. The Hall–Kier alpha value is -3.07. The third-order valence-electron chi connectivity index (χ3n) is 3.54. The zero-order valence-electron chi connectivity index (χ0n) is 12.7. The first kappa shape index (κ1) is 14.5. The summed E-state index contributed by atoms with van der Waals surface area (Å²) in [6, 6.07) is 8.68. The standard InChI is InChI=1S/C15H12N6O2S/c1-10-4-5-19-12(7-10)16-11(8-13(19)22)9-20-15(23)21(18-17-20)14-3-2-6-24-14/h2-8H,9H2,1H3. The first-order valence-electron chi connectivity index (χ1n) is 7.17. The quantitative estimate of drug-likeness (QED) is 0.552. The lowest BCUT2D eigenvalue weighted by Crippen LogP contribution is -2.25. The highest BCUT2D eigenvalue weighted by Gasteiger charge is 2.11. The fourth-order valence-electron chi connectivity index (χ4n) is 2.39. The van der Waals surface area contributed by atoms with Crippen molar-refractivity contribution in [3.63, 3.8) is 0 Å². The number of thiophene rings is 1. The maximum atomic E-state index is 12.4. The molecule has 4 heterocycles. The van der Waals surface area contributed by atoms with E-state index in [1.165, 1.54) is 31.2 Å². The molecule has 0 saturated carbocycles. The molecule has 0 saturated heterocycles. The number of nitrogens with zero attached hydrogens (tertiary/aromatic N) is 6. The molecule has 8 nitrogen and oxygen atoms in total. The molecule has 120 valence electrons. The van der Waals surface area contributed by atoms with E-state index in [0.29, 0.717) is 16.3 Å². The second-order valence-corrected chi connectivity index (χ2v) is 6.23. The van der Waals surface area contributed by atoms with Gasteiger partial charge in [-0.25, -0.2) is 9.78 Å². The van der Waals surface area contributed by atoms with Gasteiger partial charge in [-0.15, -0.1) is 11.3 Å². The third kappa shape index (κ3) is 2.44. The van der Waals surface area contributed by atoms with Crippen molar-refractivity contribution in [2.75, 3.05) is 0 Å². The molecule has 4 aromatic rings. The lowest BCUT2D eigenvalue weighted by molar-refractivity contribution is 0.620. The molecule has 0 bridgehead atoms. The summed E-state index contributed by atoms with van der Waals surface area (Å²) in [5, 5.41) is 10.3. The van der Waals surface area contributed by atoms with Gasteiger partial charge in [-0.05, 0) is 52.6 Å². The summed E-state index contributed by atoms with van der Waals surface area (Å²) in [7, 11) is 0. The van der Waals surface area contributed by atoms with Crippen LogP contribution < -0.4 is 11.2 Å².